The number of hydrogen-bond donors (Lipinski definition) is 4. The molecule has 4 bridgehead atoms. The van der Waals surface area contributed by atoms with Gasteiger partial charge in [-0.2, -0.15) is 0 Å². The highest BCUT2D eigenvalue weighted by atomic mass is 16.6. The smallest absolute Gasteiger partial charge is 0.208 e. The van der Waals surface area contributed by atoms with Gasteiger partial charge in [0.2, 0.25) is 5.79 Å². The summed E-state index contributed by atoms with van der Waals surface area (Å²) in [5.74, 6) is -3.80. The fourth-order valence-corrected chi connectivity index (χ4v) is 7.90. The van der Waals surface area contributed by atoms with Crippen molar-refractivity contribution in [3.05, 3.63) is 12.2 Å². The summed E-state index contributed by atoms with van der Waals surface area (Å²) in [6.45, 7) is 8.07. The van der Waals surface area contributed by atoms with Gasteiger partial charge >= 0.3 is 0 Å². The van der Waals surface area contributed by atoms with Crippen molar-refractivity contribution in [3.8, 4) is 0 Å². The molecule has 6 fully saturated rings. The minimum Gasteiger partial charge on any atom is -0.392 e. The zero-order valence-corrected chi connectivity index (χ0v) is 15.3. The molecule has 6 aliphatic rings. The lowest BCUT2D eigenvalue weighted by molar-refractivity contribution is -0.458. The lowest BCUT2D eigenvalue weighted by atomic mass is 9.35. The quantitative estimate of drug-likeness (QED) is 0.463. The minimum atomic E-state index is -2.15. The van der Waals surface area contributed by atoms with Gasteiger partial charge in [-0.25, -0.2) is 0 Å². The molecule has 9 atom stereocenters. The first-order valence-corrected chi connectivity index (χ1v) is 9.71. The Morgan fingerprint density at radius 3 is 2.50 bits per heavy atom. The molecule has 0 aromatic carbocycles. The molecule has 26 heavy (non-hydrogen) atoms. The third kappa shape index (κ3) is 1.41. The Labute approximate surface area is 152 Å². The number of ketones is 1. The van der Waals surface area contributed by atoms with Crippen molar-refractivity contribution in [2.24, 2.45) is 34.0 Å². The molecule has 4 N–H and O–H groups in total. The van der Waals surface area contributed by atoms with Gasteiger partial charge in [0.15, 0.2) is 5.78 Å². The average molecular weight is 364 g/mol. The maximum atomic E-state index is 13.3. The number of fused-ring (bicyclic) bond motifs is 2. The molecular formula is C20H28O6. The first kappa shape index (κ1) is 17.3. The van der Waals surface area contributed by atoms with E-state index in [1.54, 1.807) is 0 Å². The summed E-state index contributed by atoms with van der Waals surface area (Å²) >= 11 is 0. The highest BCUT2D eigenvalue weighted by molar-refractivity contribution is 6.05. The number of hydrogen-bond acceptors (Lipinski definition) is 6. The van der Waals surface area contributed by atoms with E-state index < -0.39 is 58.5 Å². The highest BCUT2D eigenvalue weighted by Gasteiger charge is 2.86. The molecule has 4 aliphatic carbocycles. The molecule has 6 rings (SSSR count). The molecule has 4 saturated carbocycles. The van der Waals surface area contributed by atoms with E-state index in [4.69, 9.17) is 4.74 Å². The molecule has 0 aromatic rings. The van der Waals surface area contributed by atoms with E-state index in [2.05, 4.69) is 6.58 Å². The summed E-state index contributed by atoms with van der Waals surface area (Å²) in [7, 11) is 0. The van der Waals surface area contributed by atoms with Crippen molar-refractivity contribution >= 4 is 5.78 Å². The Morgan fingerprint density at radius 1 is 1.12 bits per heavy atom. The topological polar surface area (TPSA) is 107 Å². The van der Waals surface area contributed by atoms with Gasteiger partial charge in [-0.1, -0.05) is 20.4 Å². The first-order valence-electron chi connectivity index (χ1n) is 9.71. The van der Waals surface area contributed by atoms with Gasteiger partial charge < -0.3 is 25.2 Å². The molecule has 2 unspecified atom stereocenters. The van der Waals surface area contributed by atoms with E-state index in [1.165, 1.54) is 0 Å². The van der Waals surface area contributed by atoms with Crippen molar-refractivity contribution in [1.82, 2.24) is 0 Å². The largest absolute Gasteiger partial charge is 0.392 e. The van der Waals surface area contributed by atoms with Gasteiger partial charge in [-0.05, 0) is 42.6 Å². The zero-order chi connectivity index (χ0) is 18.9. The third-order valence-corrected chi connectivity index (χ3v) is 8.88. The normalized spacial score (nSPS) is 59.9. The summed E-state index contributed by atoms with van der Waals surface area (Å²) in [5.41, 5.74) is -2.49. The predicted octanol–water partition coefficient (Wildman–Crippen LogP) is 0.376. The Morgan fingerprint density at radius 2 is 1.81 bits per heavy atom. The van der Waals surface area contributed by atoms with Gasteiger partial charge in [0.1, 0.15) is 11.5 Å². The zero-order valence-electron chi connectivity index (χ0n) is 15.3. The van der Waals surface area contributed by atoms with Crippen LogP contribution >= 0.6 is 0 Å². The van der Waals surface area contributed by atoms with E-state index in [0.29, 0.717) is 24.8 Å². The second kappa shape index (κ2) is 4.61. The first-order chi connectivity index (χ1) is 12.1. The van der Waals surface area contributed by atoms with Gasteiger partial charge in [-0.3, -0.25) is 4.79 Å². The molecule has 0 radical (unpaired) electrons. The van der Waals surface area contributed by atoms with Crippen molar-refractivity contribution < 1.29 is 30.0 Å². The van der Waals surface area contributed by atoms with E-state index in [1.807, 2.05) is 13.8 Å². The summed E-state index contributed by atoms with van der Waals surface area (Å²) in [5, 5.41) is 45.1. The maximum absolute atomic E-state index is 13.3. The lowest BCUT2D eigenvalue weighted by Gasteiger charge is -2.74. The van der Waals surface area contributed by atoms with Crippen LogP contribution < -0.4 is 0 Å². The molecule has 144 valence electrons. The second-order valence-corrected chi connectivity index (χ2v) is 9.97. The monoisotopic (exact) mass is 364 g/mol. The molecule has 0 aromatic heterocycles. The molecule has 2 spiro atoms. The van der Waals surface area contributed by atoms with E-state index in [-0.39, 0.29) is 12.0 Å². The van der Waals surface area contributed by atoms with Crippen LogP contribution in [0.1, 0.15) is 39.5 Å². The van der Waals surface area contributed by atoms with Crippen molar-refractivity contribution in [2.45, 2.75) is 63.6 Å². The van der Waals surface area contributed by atoms with Gasteiger partial charge in [0, 0.05) is 17.3 Å². The van der Waals surface area contributed by atoms with Crippen LogP contribution in [0, 0.1) is 34.0 Å². The van der Waals surface area contributed by atoms with Crippen LogP contribution in [0.5, 0.6) is 0 Å². The van der Waals surface area contributed by atoms with Gasteiger partial charge in [0.05, 0.1) is 18.8 Å². The molecule has 0 amide bonds. The number of aliphatic hydroxyl groups is 4. The van der Waals surface area contributed by atoms with E-state index in [0.717, 1.165) is 6.42 Å². The van der Waals surface area contributed by atoms with E-state index in [9.17, 15) is 25.2 Å². The molecule has 6 nitrogen and oxygen atoms in total. The standard InChI is InChI=1S/C20H28O6/c1-9-10-4-5-11-18-8-26-20(25,19(11,14(9)22)15(10)23)16(24)13(18)17(2,3)7-6-12(18)21/h10-13,15-16,21,23-25H,1,4-8H2,2-3H3/t10?,11-,12-,13+,15-,16-,18+,19-,20?/m0/s1. The van der Waals surface area contributed by atoms with Gasteiger partial charge in [0.25, 0.3) is 0 Å². The SMILES string of the molecule is C=C1C(=O)[C@]23[C@@H](O)C1CC[C@H]2[C@@]12COC3(O)[C@@H](O)[C@@H]1C(C)(C)CC[C@@H]2O. The number of carbonyl (C=O) groups is 1. The van der Waals surface area contributed by atoms with Crippen LogP contribution in [0.3, 0.4) is 0 Å². The second-order valence-electron chi connectivity index (χ2n) is 9.97. The fourth-order valence-electron chi connectivity index (χ4n) is 7.90. The Hall–Kier alpha value is -0.790. The summed E-state index contributed by atoms with van der Waals surface area (Å²) in [6, 6.07) is 0. The van der Waals surface area contributed by atoms with Crippen LogP contribution in [0.15, 0.2) is 12.2 Å². The van der Waals surface area contributed by atoms with Gasteiger partial charge in [-0.15, -0.1) is 0 Å². The van der Waals surface area contributed by atoms with Crippen molar-refractivity contribution in [3.63, 3.8) is 0 Å². The number of Topliss-reactive ketones (excluding diaryl/α,β-unsaturated/α-hetero) is 1. The summed E-state index contributed by atoms with van der Waals surface area (Å²) in [6.07, 6.45) is -0.747. The maximum Gasteiger partial charge on any atom is 0.208 e. The Balaban J connectivity index is 1.81. The highest BCUT2D eigenvalue weighted by Crippen LogP contribution is 2.76. The van der Waals surface area contributed by atoms with Crippen molar-refractivity contribution in [1.29, 1.82) is 0 Å². The molecule has 2 saturated heterocycles. The summed E-state index contributed by atoms with van der Waals surface area (Å²) < 4.78 is 5.80. The molecule has 2 aliphatic heterocycles. The lowest BCUT2D eigenvalue weighted by Crippen LogP contribution is -2.85. The molecular weight excluding hydrogens is 336 g/mol. The Bertz CT molecular complexity index is 717. The predicted molar refractivity (Wildman–Crippen MR) is 90.7 cm³/mol. The van der Waals surface area contributed by atoms with E-state index >= 15 is 0 Å². The van der Waals surface area contributed by atoms with Crippen LogP contribution in [0.2, 0.25) is 0 Å². The van der Waals surface area contributed by atoms with Crippen LogP contribution in [-0.2, 0) is 9.53 Å². The average Bonchev–Trinajstić information content (AvgIpc) is 2.69. The number of carbonyl (C=O) groups excluding carboxylic acids is 1. The fraction of sp³-hybridized carbons (Fsp3) is 0.850. The van der Waals surface area contributed by atoms with Crippen molar-refractivity contribution in [2.75, 3.05) is 6.61 Å². The number of aliphatic hydroxyl groups excluding tert-OH is 3. The molecule has 6 heteroatoms. The van der Waals surface area contributed by atoms with Crippen LogP contribution in [-0.4, -0.2) is 56.9 Å². The summed E-state index contributed by atoms with van der Waals surface area (Å²) in [4.78, 5) is 13.3. The molecule has 2 heterocycles. The third-order valence-electron chi connectivity index (χ3n) is 8.88. The number of ether oxygens (including phenoxy) is 1. The minimum absolute atomic E-state index is 0.0966. The van der Waals surface area contributed by atoms with Crippen LogP contribution in [0.25, 0.3) is 0 Å². The number of rotatable bonds is 0. The van der Waals surface area contributed by atoms with Crippen LogP contribution in [0.4, 0.5) is 0 Å². The Kier molecular flexibility index (Phi) is 3.07.